The maximum atomic E-state index is 12.6. The molecule has 2 N–H and O–H groups in total. The van der Waals surface area contributed by atoms with Crippen molar-refractivity contribution in [2.24, 2.45) is 11.8 Å². The highest BCUT2D eigenvalue weighted by Crippen LogP contribution is 2.42. The monoisotopic (exact) mass is 289 g/mol. The Morgan fingerprint density at radius 3 is 2.52 bits per heavy atom. The van der Waals surface area contributed by atoms with E-state index in [9.17, 15) is 14.7 Å². The summed E-state index contributed by atoms with van der Waals surface area (Å²) in [6.45, 7) is 0.475. The summed E-state index contributed by atoms with van der Waals surface area (Å²) in [6, 6.07) is 6.00. The predicted octanol–water partition coefficient (Wildman–Crippen LogP) is 1.50. The Hall–Kier alpha value is -1.88. The zero-order valence-electron chi connectivity index (χ0n) is 11.7. The lowest BCUT2D eigenvalue weighted by Gasteiger charge is -2.24. The number of carbonyl (C=O) groups excluding carboxylic acids is 1. The van der Waals surface area contributed by atoms with Crippen molar-refractivity contribution < 1.29 is 19.8 Å². The lowest BCUT2D eigenvalue weighted by molar-refractivity contribution is -0.142. The van der Waals surface area contributed by atoms with E-state index in [0.717, 1.165) is 24.8 Å². The lowest BCUT2D eigenvalue weighted by atomic mass is 9.94. The van der Waals surface area contributed by atoms with Gasteiger partial charge in [0.15, 0.2) is 0 Å². The van der Waals surface area contributed by atoms with Gasteiger partial charge in [-0.3, -0.25) is 4.79 Å². The molecule has 1 aromatic carbocycles. The average molecular weight is 289 g/mol. The molecule has 1 amide bonds. The molecule has 5 nitrogen and oxygen atoms in total. The van der Waals surface area contributed by atoms with Crippen LogP contribution in [0.15, 0.2) is 24.3 Å². The smallest absolute Gasteiger partial charge is 0.326 e. The molecule has 0 bridgehead atoms. The fourth-order valence-corrected chi connectivity index (χ4v) is 3.75. The second-order valence-corrected chi connectivity index (χ2v) is 5.95. The van der Waals surface area contributed by atoms with E-state index >= 15 is 0 Å². The summed E-state index contributed by atoms with van der Waals surface area (Å²) in [5, 5.41) is 18.5. The predicted molar refractivity (Wildman–Crippen MR) is 75.7 cm³/mol. The minimum atomic E-state index is -0.898. The highest BCUT2D eigenvalue weighted by Gasteiger charge is 2.49. The number of amides is 1. The number of carboxylic acid groups (broad SMARTS) is 1. The third kappa shape index (κ3) is 2.42. The van der Waals surface area contributed by atoms with Gasteiger partial charge in [0, 0.05) is 12.1 Å². The Bertz CT molecular complexity index is 554. The van der Waals surface area contributed by atoms with E-state index in [1.54, 1.807) is 24.3 Å². The SMILES string of the molecule is O=C(O)C1C2CCCC2CN1C(=O)c1ccc(CO)cc1. The molecule has 1 heterocycles. The molecule has 3 unspecified atom stereocenters. The van der Waals surface area contributed by atoms with Crippen LogP contribution in [0.3, 0.4) is 0 Å². The topological polar surface area (TPSA) is 77.8 Å². The first kappa shape index (κ1) is 14.1. The van der Waals surface area contributed by atoms with Gasteiger partial charge in [0.1, 0.15) is 6.04 Å². The first-order chi connectivity index (χ1) is 10.1. The molecule has 2 fully saturated rings. The van der Waals surface area contributed by atoms with E-state index in [-0.39, 0.29) is 18.4 Å². The molecule has 1 aliphatic heterocycles. The van der Waals surface area contributed by atoms with Crippen LogP contribution in [0.2, 0.25) is 0 Å². The molecule has 1 saturated carbocycles. The Morgan fingerprint density at radius 2 is 1.90 bits per heavy atom. The number of rotatable bonds is 3. The normalized spacial score (nSPS) is 27.7. The number of aliphatic carboxylic acids is 1. The maximum absolute atomic E-state index is 12.6. The molecule has 2 aliphatic rings. The number of hydrogen-bond acceptors (Lipinski definition) is 3. The molecule has 21 heavy (non-hydrogen) atoms. The molecular formula is C16H19NO4. The van der Waals surface area contributed by atoms with Crippen LogP contribution in [0.25, 0.3) is 0 Å². The van der Waals surface area contributed by atoms with Crippen molar-refractivity contribution in [2.45, 2.75) is 31.9 Å². The van der Waals surface area contributed by atoms with Crippen LogP contribution < -0.4 is 0 Å². The minimum Gasteiger partial charge on any atom is -0.480 e. The largest absolute Gasteiger partial charge is 0.480 e. The van der Waals surface area contributed by atoms with E-state index < -0.39 is 12.0 Å². The van der Waals surface area contributed by atoms with Gasteiger partial charge in [-0.05, 0) is 42.4 Å². The number of hydrogen-bond donors (Lipinski definition) is 2. The summed E-state index contributed by atoms with van der Waals surface area (Å²) >= 11 is 0. The van der Waals surface area contributed by atoms with Gasteiger partial charge in [0.05, 0.1) is 6.61 Å². The minimum absolute atomic E-state index is 0.0694. The fraction of sp³-hybridized carbons (Fsp3) is 0.500. The summed E-state index contributed by atoms with van der Waals surface area (Å²) in [7, 11) is 0. The van der Waals surface area contributed by atoms with Crippen molar-refractivity contribution in [3.05, 3.63) is 35.4 Å². The van der Waals surface area contributed by atoms with Crippen molar-refractivity contribution in [2.75, 3.05) is 6.54 Å². The van der Waals surface area contributed by atoms with Crippen molar-refractivity contribution in [3.63, 3.8) is 0 Å². The molecule has 5 heteroatoms. The lowest BCUT2D eigenvalue weighted by Crippen LogP contribution is -2.43. The van der Waals surface area contributed by atoms with Crippen LogP contribution >= 0.6 is 0 Å². The van der Waals surface area contributed by atoms with Gasteiger partial charge in [-0.25, -0.2) is 4.79 Å². The first-order valence-corrected chi connectivity index (χ1v) is 7.35. The summed E-state index contributed by atoms with van der Waals surface area (Å²) in [4.78, 5) is 25.7. The van der Waals surface area contributed by atoms with Crippen LogP contribution in [0.4, 0.5) is 0 Å². The van der Waals surface area contributed by atoms with Crippen LogP contribution in [0.5, 0.6) is 0 Å². The van der Waals surface area contributed by atoms with E-state index in [0.29, 0.717) is 18.0 Å². The van der Waals surface area contributed by atoms with Gasteiger partial charge in [0.25, 0.3) is 5.91 Å². The van der Waals surface area contributed by atoms with E-state index in [1.807, 2.05) is 0 Å². The summed E-state index contributed by atoms with van der Waals surface area (Å²) in [5.41, 5.74) is 1.22. The molecule has 0 aromatic heterocycles. The van der Waals surface area contributed by atoms with Crippen molar-refractivity contribution >= 4 is 11.9 Å². The summed E-state index contributed by atoms with van der Waals surface area (Å²) < 4.78 is 0. The number of carbonyl (C=O) groups is 2. The zero-order chi connectivity index (χ0) is 15.0. The second-order valence-electron chi connectivity index (χ2n) is 5.95. The van der Waals surface area contributed by atoms with E-state index in [1.165, 1.54) is 4.90 Å². The Kier molecular flexibility index (Phi) is 3.68. The van der Waals surface area contributed by atoms with Gasteiger partial charge in [-0.1, -0.05) is 18.6 Å². The zero-order valence-corrected chi connectivity index (χ0v) is 11.7. The standard InChI is InChI=1S/C16H19NO4/c18-9-10-4-6-11(7-5-10)15(19)17-8-12-2-1-3-13(12)14(17)16(20)21/h4-7,12-14,18H,1-3,8-9H2,(H,20,21). The van der Waals surface area contributed by atoms with Crippen LogP contribution in [-0.2, 0) is 11.4 Å². The first-order valence-electron chi connectivity index (χ1n) is 7.35. The molecule has 3 rings (SSSR count). The van der Waals surface area contributed by atoms with Crippen LogP contribution in [0, 0.1) is 11.8 Å². The Balaban J connectivity index is 1.84. The Labute approximate surface area is 123 Å². The molecule has 0 spiro atoms. The van der Waals surface area contributed by atoms with Crippen molar-refractivity contribution in [1.82, 2.24) is 4.90 Å². The number of likely N-dealkylation sites (tertiary alicyclic amines) is 1. The average Bonchev–Trinajstić information content (AvgIpc) is 3.06. The molecular weight excluding hydrogens is 270 g/mol. The van der Waals surface area contributed by atoms with Crippen LogP contribution in [-0.4, -0.2) is 39.6 Å². The molecule has 1 aromatic rings. The molecule has 112 valence electrons. The number of benzene rings is 1. The summed E-state index contributed by atoms with van der Waals surface area (Å²) in [6.07, 6.45) is 2.98. The second kappa shape index (κ2) is 5.48. The van der Waals surface area contributed by atoms with E-state index in [4.69, 9.17) is 5.11 Å². The molecule has 1 aliphatic carbocycles. The molecule has 1 saturated heterocycles. The molecule has 0 radical (unpaired) electrons. The third-order valence-corrected chi connectivity index (χ3v) is 4.79. The van der Waals surface area contributed by atoms with Gasteiger partial charge in [-0.15, -0.1) is 0 Å². The van der Waals surface area contributed by atoms with E-state index in [2.05, 4.69) is 0 Å². The van der Waals surface area contributed by atoms with Crippen molar-refractivity contribution in [1.29, 1.82) is 0 Å². The quantitative estimate of drug-likeness (QED) is 0.884. The highest BCUT2D eigenvalue weighted by atomic mass is 16.4. The summed E-state index contributed by atoms with van der Waals surface area (Å²) in [5.74, 6) is -0.694. The highest BCUT2D eigenvalue weighted by molar-refractivity contribution is 5.97. The Morgan fingerprint density at radius 1 is 1.19 bits per heavy atom. The number of fused-ring (bicyclic) bond motifs is 1. The number of aliphatic hydroxyl groups is 1. The molecule has 3 atom stereocenters. The number of aliphatic hydroxyl groups excluding tert-OH is 1. The third-order valence-electron chi connectivity index (χ3n) is 4.79. The number of nitrogens with zero attached hydrogens (tertiary/aromatic N) is 1. The fourth-order valence-electron chi connectivity index (χ4n) is 3.75. The van der Waals surface area contributed by atoms with Gasteiger partial charge >= 0.3 is 5.97 Å². The van der Waals surface area contributed by atoms with Gasteiger partial charge < -0.3 is 15.1 Å². The van der Waals surface area contributed by atoms with Gasteiger partial charge in [-0.2, -0.15) is 0 Å². The van der Waals surface area contributed by atoms with Crippen LogP contribution in [0.1, 0.15) is 35.2 Å². The van der Waals surface area contributed by atoms with Gasteiger partial charge in [0.2, 0.25) is 0 Å². The van der Waals surface area contributed by atoms with Crippen molar-refractivity contribution in [3.8, 4) is 0 Å². The number of carboxylic acids is 1. The maximum Gasteiger partial charge on any atom is 0.326 e.